The van der Waals surface area contributed by atoms with Crippen molar-refractivity contribution in [2.75, 3.05) is 6.61 Å². The first-order chi connectivity index (χ1) is 8.74. The van der Waals surface area contributed by atoms with Gasteiger partial charge in [0.1, 0.15) is 16.2 Å². The SMILES string of the molecule is CCOc1ccccc1-c1nc(=S)cc(CC)[nH]1. The Morgan fingerprint density at radius 2 is 2.06 bits per heavy atom. The number of benzene rings is 1. The van der Waals surface area contributed by atoms with Gasteiger partial charge in [0, 0.05) is 5.69 Å². The molecule has 0 saturated heterocycles. The Balaban J connectivity index is 2.54. The summed E-state index contributed by atoms with van der Waals surface area (Å²) in [7, 11) is 0. The van der Waals surface area contributed by atoms with Crippen LogP contribution in [0.3, 0.4) is 0 Å². The molecule has 0 spiro atoms. The number of para-hydroxylation sites is 1. The fourth-order valence-electron chi connectivity index (χ4n) is 1.77. The molecule has 0 unspecified atom stereocenters. The van der Waals surface area contributed by atoms with Gasteiger partial charge in [-0.25, -0.2) is 4.98 Å². The molecule has 0 aliphatic rings. The summed E-state index contributed by atoms with van der Waals surface area (Å²) in [5, 5.41) is 0. The van der Waals surface area contributed by atoms with Crippen molar-refractivity contribution in [3.63, 3.8) is 0 Å². The number of aromatic nitrogens is 2. The van der Waals surface area contributed by atoms with Gasteiger partial charge >= 0.3 is 0 Å². The topological polar surface area (TPSA) is 37.9 Å². The van der Waals surface area contributed by atoms with Gasteiger partial charge in [-0.2, -0.15) is 0 Å². The smallest absolute Gasteiger partial charge is 0.142 e. The Hall–Kier alpha value is -1.68. The largest absolute Gasteiger partial charge is 0.493 e. The highest BCUT2D eigenvalue weighted by Crippen LogP contribution is 2.27. The van der Waals surface area contributed by atoms with Crippen LogP contribution in [0.4, 0.5) is 0 Å². The molecule has 4 heteroatoms. The molecule has 18 heavy (non-hydrogen) atoms. The standard InChI is InChI=1S/C14H16N2OS/c1-3-10-9-13(18)16-14(15-10)11-7-5-6-8-12(11)17-4-2/h5-9H,3-4H2,1-2H3,(H,15,16,18). The molecule has 1 heterocycles. The van der Waals surface area contributed by atoms with Crippen LogP contribution in [0.5, 0.6) is 5.75 Å². The molecule has 0 atom stereocenters. The average molecular weight is 260 g/mol. The van der Waals surface area contributed by atoms with Crippen LogP contribution in [-0.4, -0.2) is 16.6 Å². The van der Waals surface area contributed by atoms with E-state index in [4.69, 9.17) is 17.0 Å². The van der Waals surface area contributed by atoms with E-state index >= 15 is 0 Å². The van der Waals surface area contributed by atoms with Crippen molar-refractivity contribution in [2.45, 2.75) is 20.3 Å². The van der Waals surface area contributed by atoms with Gasteiger partial charge in [-0.1, -0.05) is 31.3 Å². The zero-order valence-electron chi connectivity index (χ0n) is 10.6. The summed E-state index contributed by atoms with van der Waals surface area (Å²) < 4.78 is 6.21. The maximum absolute atomic E-state index is 5.61. The number of hydrogen-bond acceptors (Lipinski definition) is 3. The summed E-state index contributed by atoms with van der Waals surface area (Å²) in [5.74, 6) is 1.59. The highest BCUT2D eigenvalue weighted by molar-refractivity contribution is 7.71. The quantitative estimate of drug-likeness (QED) is 0.850. The fourth-order valence-corrected chi connectivity index (χ4v) is 2.00. The predicted octanol–water partition coefficient (Wildman–Crippen LogP) is 3.77. The van der Waals surface area contributed by atoms with Gasteiger partial charge in [-0.3, -0.25) is 0 Å². The van der Waals surface area contributed by atoms with E-state index < -0.39 is 0 Å². The van der Waals surface area contributed by atoms with Crippen LogP contribution < -0.4 is 4.74 Å². The molecular formula is C14H16N2OS. The highest BCUT2D eigenvalue weighted by Gasteiger charge is 2.08. The molecule has 2 rings (SSSR count). The van der Waals surface area contributed by atoms with Gasteiger partial charge in [-0.05, 0) is 31.5 Å². The number of hydrogen-bond donors (Lipinski definition) is 1. The van der Waals surface area contributed by atoms with E-state index in [0.717, 1.165) is 29.3 Å². The molecule has 1 N–H and O–H groups in total. The Morgan fingerprint density at radius 3 is 2.78 bits per heavy atom. The Morgan fingerprint density at radius 1 is 1.28 bits per heavy atom. The lowest BCUT2D eigenvalue weighted by Gasteiger charge is -2.10. The molecule has 0 radical (unpaired) electrons. The van der Waals surface area contributed by atoms with E-state index in [0.29, 0.717) is 11.2 Å². The molecule has 94 valence electrons. The fraction of sp³-hybridized carbons (Fsp3) is 0.286. The van der Waals surface area contributed by atoms with Crippen molar-refractivity contribution in [3.8, 4) is 17.1 Å². The van der Waals surface area contributed by atoms with Gasteiger partial charge in [0.25, 0.3) is 0 Å². The molecule has 0 saturated carbocycles. The first kappa shape index (κ1) is 12.8. The monoisotopic (exact) mass is 260 g/mol. The van der Waals surface area contributed by atoms with Crippen molar-refractivity contribution in [2.24, 2.45) is 0 Å². The zero-order chi connectivity index (χ0) is 13.0. The molecule has 2 aromatic rings. The van der Waals surface area contributed by atoms with Crippen molar-refractivity contribution in [1.29, 1.82) is 0 Å². The Bertz CT molecular complexity index is 592. The molecule has 0 amide bonds. The molecule has 1 aromatic heterocycles. The van der Waals surface area contributed by atoms with E-state index in [9.17, 15) is 0 Å². The van der Waals surface area contributed by atoms with Crippen LogP contribution in [0.15, 0.2) is 30.3 Å². The van der Waals surface area contributed by atoms with Crippen LogP contribution in [-0.2, 0) is 6.42 Å². The summed E-state index contributed by atoms with van der Waals surface area (Å²) in [4.78, 5) is 7.67. The van der Waals surface area contributed by atoms with Gasteiger partial charge in [0.05, 0.1) is 12.2 Å². The Labute approximate surface area is 112 Å². The van der Waals surface area contributed by atoms with Gasteiger partial charge < -0.3 is 9.72 Å². The summed E-state index contributed by atoms with van der Waals surface area (Å²) in [5.41, 5.74) is 2.03. The first-order valence-corrected chi connectivity index (χ1v) is 6.47. The molecule has 0 bridgehead atoms. The third-order valence-corrected chi connectivity index (χ3v) is 2.83. The number of aromatic amines is 1. The lowest BCUT2D eigenvalue weighted by molar-refractivity contribution is 0.341. The summed E-state index contributed by atoms with van der Waals surface area (Å²) in [6.45, 7) is 4.68. The van der Waals surface area contributed by atoms with Crippen LogP contribution >= 0.6 is 12.2 Å². The number of ether oxygens (including phenoxy) is 1. The minimum absolute atomic E-state index is 0.604. The van der Waals surface area contributed by atoms with Crippen LogP contribution in [0.1, 0.15) is 19.5 Å². The highest BCUT2D eigenvalue weighted by atomic mass is 32.1. The summed E-state index contributed by atoms with van der Waals surface area (Å²) >= 11 is 5.19. The van der Waals surface area contributed by atoms with Crippen LogP contribution in [0.2, 0.25) is 0 Å². The number of aryl methyl sites for hydroxylation is 1. The third-order valence-electron chi connectivity index (χ3n) is 2.62. The lowest BCUT2D eigenvalue weighted by atomic mass is 10.2. The van der Waals surface area contributed by atoms with Gasteiger partial charge in [-0.15, -0.1) is 0 Å². The molecular weight excluding hydrogens is 244 g/mol. The average Bonchev–Trinajstić information content (AvgIpc) is 2.39. The van der Waals surface area contributed by atoms with Gasteiger partial charge in [0.15, 0.2) is 0 Å². The second kappa shape index (κ2) is 5.78. The van der Waals surface area contributed by atoms with Crippen molar-refractivity contribution >= 4 is 12.2 Å². The minimum atomic E-state index is 0.604. The molecule has 0 fully saturated rings. The second-order valence-electron chi connectivity index (χ2n) is 3.88. The summed E-state index contributed by atoms with van der Waals surface area (Å²) in [6, 6.07) is 9.73. The van der Waals surface area contributed by atoms with Crippen molar-refractivity contribution in [3.05, 3.63) is 40.7 Å². The number of rotatable bonds is 4. The lowest BCUT2D eigenvalue weighted by Crippen LogP contribution is -1.98. The van der Waals surface area contributed by atoms with Crippen molar-refractivity contribution in [1.82, 2.24) is 9.97 Å². The summed E-state index contributed by atoms with van der Waals surface area (Å²) in [6.07, 6.45) is 0.899. The second-order valence-corrected chi connectivity index (χ2v) is 4.29. The van der Waals surface area contributed by atoms with E-state index in [-0.39, 0.29) is 0 Å². The molecule has 0 aliphatic carbocycles. The molecule has 0 aliphatic heterocycles. The first-order valence-electron chi connectivity index (χ1n) is 6.07. The van der Waals surface area contributed by atoms with E-state index in [1.54, 1.807) is 0 Å². The molecule has 1 aromatic carbocycles. The normalized spacial score (nSPS) is 10.3. The van der Waals surface area contributed by atoms with Gasteiger partial charge in [0.2, 0.25) is 0 Å². The van der Waals surface area contributed by atoms with E-state index in [2.05, 4.69) is 16.9 Å². The van der Waals surface area contributed by atoms with Crippen molar-refractivity contribution < 1.29 is 4.74 Å². The molecule has 3 nitrogen and oxygen atoms in total. The Kier molecular flexibility index (Phi) is 4.10. The van der Waals surface area contributed by atoms with Crippen LogP contribution in [0.25, 0.3) is 11.4 Å². The maximum Gasteiger partial charge on any atom is 0.142 e. The van der Waals surface area contributed by atoms with E-state index in [1.807, 2.05) is 37.3 Å². The van der Waals surface area contributed by atoms with Crippen LogP contribution in [0, 0.1) is 4.64 Å². The zero-order valence-corrected chi connectivity index (χ0v) is 11.4. The minimum Gasteiger partial charge on any atom is -0.493 e. The number of nitrogens with zero attached hydrogens (tertiary/aromatic N) is 1. The number of nitrogens with one attached hydrogen (secondary N) is 1. The number of H-pyrrole nitrogens is 1. The predicted molar refractivity (Wildman–Crippen MR) is 75.4 cm³/mol. The maximum atomic E-state index is 5.61. The third kappa shape index (κ3) is 2.76. The van der Waals surface area contributed by atoms with E-state index in [1.165, 1.54) is 0 Å².